The largest absolute Gasteiger partial charge is 0.330 e. The molecule has 0 saturated carbocycles. The molecule has 0 aromatic heterocycles. The van der Waals surface area contributed by atoms with Gasteiger partial charge in [0.25, 0.3) is 0 Å². The van der Waals surface area contributed by atoms with Gasteiger partial charge in [0.1, 0.15) is 0 Å². The molecule has 0 heterocycles. The summed E-state index contributed by atoms with van der Waals surface area (Å²) in [6.45, 7) is 1.36. The first-order chi connectivity index (χ1) is 7.60. The fraction of sp³-hybridized carbons (Fsp3) is 1.00. The summed E-state index contributed by atoms with van der Waals surface area (Å²) >= 11 is 0. The molecule has 3 atom stereocenters. The standard InChI is InChI=1S/C11H29N5/c12-5-2-1-3-9(14)7-11(16)8-10(15)4-6-13/h9-11H,1-8,12-16H2. The molecule has 0 rings (SSSR count). The monoisotopic (exact) mass is 231 g/mol. The van der Waals surface area contributed by atoms with Crippen LogP contribution in [0.4, 0.5) is 0 Å². The van der Waals surface area contributed by atoms with Gasteiger partial charge in [0, 0.05) is 18.1 Å². The number of nitrogens with two attached hydrogens (primary N) is 5. The molecule has 98 valence electrons. The fourth-order valence-corrected chi connectivity index (χ4v) is 1.87. The Labute approximate surface area is 99.1 Å². The van der Waals surface area contributed by atoms with Gasteiger partial charge in [0.15, 0.2) is 0 Å². The predicted molar refractivity (Wildman–Crippen MR) is 69.7 cm³/mol. The second-order valence-electron chi connectivity index (χ2n) is 4.61. The molecule has 0 spiro atoms. The minimum atomic E-state index is 0.0921. The van der Waals surface area contributed by atoms with Crippen molar-refractivity contribution in [2.75, 3.05) is 13.1 Å². The molecular weight excluding hydrogens is 202 g/mol. The average Bonchev–Trinajstić information content (AvgIpc) is 2.17. The minimum Gasteiger partial charge on any atom is -0.330 e. The maximum atomic E-state index is 5.98. The Morgan fingerprint density at radius 3 is 1.69 bits per heavy atom. The van der Waals surface area contributed by atoms with Crippen LogP contribution in [0, 0.1) is 0 Å². The Hall–Kier alpha value is -0.200. The van der Waals surface area contributed by atoms with Gasteiger partial charge in [-0.25, -0.2) is 0 Å². The van der Waals surface area contributed by atoms with E-state index in [4.69, 9.17) is 28.7 Å². The minimum absolute atomic E-state index is 0.0921. The van der Waals surface area contributed by atoms with Gasteiger partial charge in [-0.15, -0.1) is 0 Å². The van der Waals surface area contributed by atoms with Crippen LogP contribution in [0.1, 0.15) is 38.5 Å². The normalized spacial score (nSPS) is 17.1. The molecule has 0 fully saturated rings. The van der Waals surface area contributed by atoms with Gasteiger partial charge < -0.3 is 28.7 Å². The van der Waals surface area contributed by atoms with E-state index < -0.39 is 0 Å². The van der Waals surface area contributed by atoms with E-state index in [0.29, 0.717) is 6.54 Å². The summed E-state index contributed by atoms with van der Waals surface area (Å²) in [5.41, 5.74) is 28.7. The summed E-state index contributed by atoms with van der Waals surface area (Å²) in [4.78, 5) is 0. The molecule has 10 N–H and O–H groups in total. The second-order valence-corrected chi connectivity index (χ2v) is 4.61. The first-order valence-corrected chi connectivity index (χ1v) is 6.27. The third kappa shape index (κ3) is 9.06. The van der Waals surface area contributed by atoms with E-state index in [9.17, 15) is 0 Å². The molecule has 0 saturated heterocycles. The molecule has 0 aliphatic heterocycles. The van der Waals surface area contributed by atoms with Crippen LogP contribution in [0.5, 0.6) is 0 Å². The number of hydrogen-bond acceptors (Lipinski definition) is 5. The predicted octanol–water partition coefficient (Wildman–Crippen LogP) is -0.774. The highest BCUT2D eigenvalue weighted by molar-refractivity contribution is 4.75. The van der Waals surface area contributed by atoms with Crippen LogP contribution in [0.3, 0.4) is 0 Å². The summed E-state index contributed by atoms with van der Waals surface area (Å²) in [7, 11) is 0. The van der Waals surface area contributed by atoms with Crippen LogP contribution in [-0.2, 0) is 0 Å². The Morgan fingerprint density at radius 1 is 0.625 bits per heavy atom. The van der Waals surface area contributed by atoms with Crippen LogP contribution in [0.2, 0.25) is 0 Å². The van der Waals surface area contributed by atoms with E-state index in [-0.39, 0.29) is 18.1 Å². The molecule has 0 amide bonds. The van der Waals surface area contributed by atoms with Gasteiger partial charge in [-0.05, 0) is 45.2 Å². The highest BCUT2D eigenvalue weighted by Crippen LogP contribution is 2.07. The zero-order valence-electron chi connectivity index (χ0n) is 10.3. The van der Waals surface area contributed by atoms with E-state index in [1.807, 2.05) is 0 Å². The van der Waals surface area contributed by atoms with E-state index >= 15 is 0 Å². The van der Waals surface area contributed by atoms with Gasteiger partial charge in [0.05, 0.1) is 0 Å². The third-order valence-electron chi connectivity index (χ3n) is 2.78. The molecule has 16 heavy (non-hydrogen) atoms. The molecule has 0 aromatic carbocycles. The van der Waals surface area contributed by atoms with Crippen LogP contribution < -0.4 is 28.7 Å². The Bertz CT molecular complexity index is 153. The van der Waals surface area contributed by atoms with Crippen molar-refractivity contribution in [2.45, 2.75) is 56.7 Å². The lowest BCUT2D eigenvalue weighted by molar-refractivity contribution is 0.428. The lowest BCUT2D eigenvalue weighted by atomic mass is 9.97. The van der Waals surface area contributed by atoms with Crippen LogP contribution >= 0.6 is 0 Å². The first kappa shape index (κ1) is 15.8. The molecule has 3 unspecified atom stereocenters. The lowest BCUT2D eigenvalue weighted by Gasteiger charge is -2.20. The Kier molecular flexibility index (Phi) is 9.86. The molecule has 5 heteroatoms. The summed E-state index contributed by atoms with van der Waals surface area (Å²) in [5.74, 6) is 0. The van der Waals surface area contributed by atoms with E-state index in [2.05, 4.69) is 0 Å². The quantitative estimate of drug-likeness (QED) is 0.315. The van der Waals surface area contributed by atoms with Crippen molar-refractivity contribution in [2.24, 2.45) is 28.7 Å². The van der Waals surface area contributed by atoms with Crippen molar-refractivity contribution in [3.63, 3.8) is 0 Å². The van der Waals surface area contributed by atoms with Crippen molar-refractivity contribution in [3.05, 3.63) is 0 Å². The summed E-state index contributed by atoms with van der Waals surface area (Å²) in [5, 5.41) is 0. The van der Waals surface area contributed by atoms with Gasteiger partial charge in [-0.3, -0.25) is 0 Å². The lowest BCUT2D eigenvalue weighted by Crippen LogP contribution is -2.37. The zero-order valence-corrected chi connectivity index (χ0v) is 10.3. The number of unbranched alkanes of at least 4 members (excludes halogenated alkanes) is 1. The van der Waals surface area contributed by atoms with Gasteiger partial charge in [-0.2, -0.15) is 0 Å². The summed E-state index contributed by atoms with van der Waals surface area (Å²) in [6, 6.07) is 0.372. The summed E-state index contributed by atoms with van der Waals surface area (Å²) < 4.78 is 0. The van der Waals surface area contributed by atoms with Gasteiger partial charge in [-0.1, -0.05) is 6.42 Å². The van der Waals surface area contributed by atoms with E-state index in [0.717, 1.165) is 45.1 Å². The third-order valence-corrected chi connectivity index (χ3v) is 2.78. The van der Waals surface area contributed by atoms with E-state index in [1.165, 1.54) is 0 Å². The fourth-order valence-electron chi connectivity index (χ4n) is 1.87. The van der Waals surface area contributed by atoms with Crippen LogP contribution in [0.15, 0.2) is 0 Å². The van der Waals surface area contributed by atoms with Crippen LogP contribution in [-0.4, -0.2) is 31.2 Å². The van der Waals surface area contributed by atoms with Crippen molar-refractivity contribution in [1.82, 2.24) is 0 Å². The van der Waals surface area contributed by atoms with Gasteiger partial charge in [0.2, 0.25) is 0 Å². The maximum absolute atomic E-state index is 5.98. The number of rotatable bonds is 10. The highest BCUT2D eigenvalue weighted by Gasteiger charge is 2.12. The highest BCUT2D eigenvalue weighted by atomic mass is 14.7. The average molecular weight is 231 g/mol. The molecular formula is C11H29N5. The van der Waals surface area contributed by atoms with Crippen LogP contribution in [0.25, 0.3) is 0 Å². The molecule has 0 radical (unpaired) electrons. The maximum Gasteiger partial charge on any atom is 0.00682 e. The molecule has 0 aliphatic carbocycles. The van der Waals surface area contributed by atoms with Crippen molar-refractivity contribution >= 4 is 0 Å². The molecule has 5 nitrogen and oxygen atoms in total. The Morgan fingerprint density at radius 2 is 1.19 bits per heavy atom. The first-order valence-electron chi connectivity index (χ1n) is 6.27. The topological polar surface area (TPSA) is 130 Å². The van der Waals surface area contributed by atoms with Crippen molar-refractivity contribution in [1.29, 1.82) is 0 Å². The van der Waals surface area contributed by atoms with Crippen molar-refractivity contribution < 1.29 is 0 Å². The Balaban J connectivity index is 3.56. The molecule has 0 aliphatic rings. The number of hydrogen-bond donors (Lipinski definition) is 5. The SMILES string of the molecule is NCCCCC(N)CC(N)CC(N)CCN. The van der Waals surface area contributed by atoms with E-state index in [1.54, 1.807) is 0 Å². The molecule has 0 aromatic rings. The zero-order chi connectivity index (χ0) is 12.4. The molecule has 0 bridgehead atoms. The smallest absolute Gasteiger partial charge is 0.00682 e. The van der Waals surface area contributed by atoms with Crippen molar-refractivity contribution in [3.8, 4) is 0 Å². The second kappa shape index (κ2) is 9.99. The summed E-state index contributed by atoms with van der Waals surface area (Å²) in [6.07, 6.45) is 5.59. The van der Waals surface area contributed by atoms with Gasteiger partial charge >= 0.3 is 0 Å².